The van der Waals surface area contributed by atoms with Crippen molar-refractivity contribution in [1.82, 2.24) is 14.6 Å². The number of aromatic nitrogens is 1. The molecular formula is C11H19N3O2S2. The first kappa shape index (κ1) is 13.9. The summed E-state index contributed by atoms with van der Waals surface area (Å²) >= 11 is 1.24. The Hall–Kier alpha value is -0.500. The number of thiazole rings is 1. The summed E-state index contributed by atoms with van der Waals surface area (Å²) in [7, 11) is -1.42. The van der Waals surface area contributed by atoms with Crippen LogP contribution in [0.4, 0.5) is 0 Å². The number of rotatable bonds is 3. The van der Waals surface area contributed by atoms with Gasteiger partial charge in [-0.2, -0.15) is 4.31 Å². The number of nitrogens with zero attached hydrogens (tertiary/aromatic N) is 2. The fraction of sp³-hybridized carbons (Fsp3) is 0.727. The molecule has 1 aromatic rings. The molecule has 1 aliphatic rings. The number of aryl methyl sites for hydroxylation is 1. The van der Waals surface area contributed by atoms with Crippen molar-refractivity contribution < 1.29 is 8.42 Å². The summed E-state index contributed by atoms with van der Waals surface area (Å²) in [5, 5.41) is 4.02. The number of piperidine rings is 1. The minimum Gasteiger partial charge on any atom is -0.317 e. The van der Waals surface area contributed by atoms with Crippen LogP contribution in [0.5, 0.6) is 0 Å². The Morgan fingerprint density at radius 2 is 2.28 bits per heavy atom. The van der Waals surface area contributed by atoms with Gasteiger partial charge in [-0.1, -0.05) is 6.92 Å². The summed E-state index contributed by atoms with van der Waals surface area (Å²) < 4.78 is 26.8. The van der Waals surface area contributed by atoms with Gasteiger partial charge in [0.15, 0.2) is 4.21 Å². The smallest absolute Gasteiger partial charge is 0.254 e. The molecule has 2 heterocycles. The zero-order valence-corrected chi connectivity index (χ0v) is 12.5. The molecule has 1 fully saturated rings. The first-order valence-corrected chi connectivity index (χ1v) is 8.30. The van der Waals surface area contributed by atoms with Crippen molar-refractivity contribution in [2.24, 2.45) is 5.92 Å². The number of sulfonamides is 1. The highest BCUT2D eigenvalue weighted by Gasteiger charge is 2.33. The zero-order valence-electron chi connectivity index (χ0n) is 10.9. The highest BCUT2D eigenvalue weighted by molar-refractivity contribution is 7.91. The monoisotopic (exact) mass is 289 g/mol. The van der Waals surface area contributed by atoms with E-state index in [1.807, 2.05) is 14.0 Å². The molecule has 1 N–H and O–H groups in total. The molecule has 18 heavy (non-hydrogen) atoms. The zero-order chi connectivity index (χ0) is 13.3. The largest absolute Gasteiger partial charge is 0.317 e. The fourth-order valence-electron chi connectivity index (χ4n) is 2.34. The summed E-state index contributed by atoms with van der Waals surface area (Å²) in [5.74, 6) is 0.326. The minimum atomic E-state index is -3.34. The molecule has 1 aliphatic heterocycles. The van der Waals surface area contributed by atoms with Crippen molar-refractivity contribution in [3.63, 3.8) is 0 Å². The number of hydrogen-bond donors (Lipinski definition) is 1. The lowest BCUT2D eigenvalue weighted by atomic mass is 9.96. The highest BCUT2D eigenvalue weighted by Crippen LogP contribution is 2.26. The molecule has 7 heteroatoms. The molecule has 2 atom stereocenters. The van der Waals surface area contributed by atoms with E-state index < -0.39 is 10.0 Å². The lowest BCUT2D eigenvalue weighted by Gasteiger charge is -2.35. The van der Waals surface area contributed by atoms with Crippen molar-refractivity contribution in [3.05, 3.63) is 11.2 Å². The average molecular weight is 289 g/mol. The lowest BCUT2D eigenvalue weighted by molar-refractivity contribution is 0.228. The van der Waals surface area contributed by atoms with Crippen LogP contribution in [0.25, 0.3) is 0 Å². The van der Waals surface area contributed by atoms with E-state index in [-0.39, 0.29) is 0 Å². The van der Waals surface area contributed by atoms with Crippen LogP contribution in [0.3, 0.4) is 0 Å². The van der Waals surface area contributed by atoms with Gasteiger partial charge in [-0.15, -0.1) is 11.3 Å². The Labute approximate surface area is 112 Å². The Kier molecular flexibility index (Phi) is 4.05. The van der Waals surface area contributed by atoms with Crippen LogP contribution in [0.15, 0.2) is 10.4 Å². The Morgan fingerprint density at radius 1 is 1.56 bits per heavy atom. The van der Waals surface area contributed by atoms with Crippen LogP contribution in [0, 0.1) is 12.8 Å². The maximum absolute atomic E-state index is 12.4. The summed E-state index contributed by atoms with van der Waals surface area (Å²) in [6, 6.07) is 0.402. The summed E-state index contributed by atoms with van der Waals surface area (Å²) in [5.41, 5.74) is 0. The van der Waals surface area contributed by atoms with Crippen LogP contribution in [0.1, 0.15) is 18.4 Å². The third-order valence-electron chi connectivity index (χ3n) is 3.43. The molecule has 0 amide bonds. The topological polar surface area (TPSA) is 62.3 Å². The van der Waals surface area contributed by atoms with E-state index in [2.05, 4.69) is 17.2 Å². The SMILES string of the molecule is CNC1CCN(S(=O)(=O)c2cnc(C)s2)CC1C. The molecule has 0 spiro atoms. The third-order valence-corrected chi connectivity index (χ3v) is 6.65. The number of hydrogen-bond acceptors (Lipinski definition) is 5. The van der Waals surface area contributed by atoms with Crippen LogP contribution in [0.2, 0.25) is 0 Å². The molecule has 102 valence electrons. The van der Waals surface area contributed by atoms with Crippen molar-refractivity contribution in [2.45, 2.75) is 30.5 Å². The predicted octanol–water partition coefficient (Wildman–Crippen LogP) is 1.07. The van der Waals surface area contributed by atoms with Crippen LogP contribution < -0.4 is 5.32 Å². The molecule has 0 aromatic carbocycles. The van der Waals surface area contributed by atoms with Crippen molar-refractivity contribution in [1.29, 1.82) is 0 Å². The van der Waals surface area contributed by atoms with Gasteiger partial charge < -0.3 is 5.32 Å². The quantitative estimate of drug-likeness (QED) is 0.904. The molecule has 0 saturated carbocycles. The second-order valence-electron chi connectivity index (χ2n) is 4.72. The van der Waals surface area contributed by atoms with Gasteiger partial charge in [0.2, 0.25) is 0 Å². The Balaban J connectivity index is 2.17. The van der Waals surface area contributed by atoms with E-state index in [0.717, 1.165) is 11.4 Å². The van der Waals surface area contributed by atoms with Gasteiger partial charge in [0.25, 0.3) is 10.0 Å². The van der Waals surface area contributed by atoms with Crippen molar-refractivity contribution in [2.75, 3.05) is 20.1 Å². The van der Waals surface area contributed by atoms with Crippen LogP contribution in [-0.4, -0.2) is 43.9 Å². The Bertz CT molecular complexity index is 512. The summed E-state index contributed by atoms with van der Waals surface area (Å²) in [6.07, 6.45) is 2.32. The van der Waals surface area contributed by atoms with Crippen LogP contribution in [-0.2, 0) is 10.0 Å². The van der Waals surface area contributed by atoms with E-state index in [1.54, 1.807) is 4.31 Å². The standard InChI is InChI=1S/C11H19N3O2S2/c1-8-7-14(5-4-10(8)12-3)18(15,16)11-6-13-9(2)17-11/h6,8,10,12H,4-5,7H2,1-3H3. The second kappa shape index (κ2) is 5.24. The first-order valence-electron chi connectivity index (χ1n) is 6.05. The average Bonchev–Trinajstić information content (AvgIpc) is 2.76. The van der Waals surface area contributed by atoms with Gasteiger partial charge in [-0.05, 0) is 26.3 Å². The molecule has 2 rings (SSSR count). The summed E-state index contributed by atoms with van der Waals surface area (Å²) in [4.78, 5) is 4.03. The molecule has 0 aliphatic carbocycles. The first-order chi connectivity index (χ1) is 8.45. The third kappa shape index (κ3) is 2.59. The number of nitrogens with one attached hydrogen (secondary N) is 1. The fourth-order valence-corrected chi connectivity index (χ4v) is 5.16. The molecule has 2 unspecified atom stereocenters. The Morgan fingerprint density at radius 3 is 2.78 bits per heavy atom. The van der Waals surface area contributed by atoms with Gasteiger partial charge in [0.1, 0.15) is 0 Å². The van der Waals surface area contributed by atoms with Gasteiger partial charge in [-0.25, -0.2) is 13.4 Å². The molecule has 1 saturated heterocycles. The maximum atomic E-state index is 12.4. The van der Waals surface area contributed by atoms with Gasteiger partial charge in [-0.3, -0.25) is 0 Å². The lowest BCUT2D eigenvalue weighted by Crippen LogP contribution is -2.48. The van der Waals surface area contributed by atoms with E-state index >= 15 is 0 Å². The van der Waals surface area contributed by atoms with E-state index in [0.29, 0.717) is 29.3 Å². The highest BCUT2D eigenvalue weighted by atomic mass is 32.2. The van der Waals surface area contributed by atoms with Crippen LogP contribution >= 0.6 is 11.3 Å². The van der Waals surface area contributed by atoms with Gasteiger partial charge >= 0.3 is 0 Å². The summed E-state index contributed by atoms with van der Waals surface area (Å²) in [6.45, 7) is 5.06. The molecule has 0 radical (unpaired) electrons. The van der Waals surface area contributed by atoms with Crippen molar-refractivity contribution >= 4 is 21.4 Å². The second-order valence-corrected chi connectivity index (χ2v) is 8.12. The molecule has 5 nitrogen and oxygen atoms in total. The van der Waals surface area contributed by atoms with Crippen molar-refractivity contribution in [3.8, 4) is 0 Å². The van der Waals surface area contributed by atoms with Gasteiger partial charge in [0, 0.05) is 19.1 Å². The van der Waals surface area contributed by atoms with E-state index in [4.69, 9.17) is 0 Å². The normalized spacial score (nSPS) is 26.4. The van der Waals surface area contributed by atoms with Gasteiger partial charge in [0.05, 0.1) is 11.2 Å². The van der Waals surface area contributed by atoms with E-state index in [1.165, 1.54) is 17.5 Å². The predicted molar refractivity (Wildman–Crippen MR) is 72.2 cm³/mol. The molecular weight excluding hydrogens is 270 g/mol. The maximum Gasteiger partial charge on any atom is 0.254 e. The molecule has 1 aromatic heterocycles. The van der Waals surface area contributed by atoms with E-state index in [9.17, 15) is 8.42 Å². The molecule has 0 bridgehead atoms. The minimum absolute atomic E-state index is 0.326.